The molecule has 4 aliphatic rings. The van der Waals surface area contributed by atoms with Gasteiger partial charge in [0.05, 0.1) is 19.1 Å². The lowest BCUT2D eigenvalue weighted by atomic mass is 9.44. The molecule has 4 nitrogen and oxygen atoms in total. The van der Waals surface area contributed by atoms with Crippen molar-refractivity contribution in [2.24, 2.45) is 40.4 Å². The molecule has 8 atom stereocenters. The largest absolute Gasteiger partial charge is 0.469 e. The zero-order valence-electron chi connectivity index (χ0n) is 15.8. The Bertz CT molecular complexity index is 586. The summed E-state index contributed by atoms with van der Waals surface area (Å²) < 4.78 is 5.06. The summed E-state index contributed by atoms with van der Waals surface area (Å²) in [5.74, 6) is 2.07. The summed E-state index contributed by atoms with van der Waals surface area (Å²) in [6.07, 6.45) is 6.91. The number of esters is 1. The lowest BCUT2D eigenvalue weighted by molar-refractivity contribution is -0.179. The Balaban J connectivity index is 1.66. The van der Waals surface area contributed by atoms with Crippen LogP contribution in [0.3, 0.4) is 0 Å². The molecule has 0 aliphatic heterocycles. The molecule has 25 heavy (non-hydrogen) atoms. The van der Waals surface area contributed by atoms with Crippen LogP contribution in [-0.2, 0) is 14.3 Å². The summed E-state index contributed by atoms with van der Waals surface area (Å²) in [6.45, 7) is 4.51. The molecule has 0 radical (unpaired) electrons. The number of methoxy groups -OCH3 is 1. The number of fused-ring (bicyclic) bond motifs is 5. The summed E-state index contributed by atoms with van der Waals surface area (Å²) in [6, 6.07) is 0. The van der Waals surface area contributed by atoms with Gasteiger partial charge in [0.25, 0.3) is 0 Å². The summed E-state index contributed by atoms with van der Waals surface area (Å²) in [5, 5.41) is 11.2. The van der Waals surface area contributed by atoms with Gasteiger partial charge in [-0.15, -0.1) is 0 Å². The fraction of sp³-hybridized carbons (Fsp3) is 0.905. The van der Waals surface area contributed by atoms with Crippen molar-refractivity contribution < 1.29 is 19.4 Å². The second-order valence-corrected chi connectivity index (χ2v) is 9.67. The molecule has 8 unspecified atom stereocenters. The van der Waals surface area contributed by atoms with E-state index < -0.39 is 6.10 Å². The minimum absolute atomic E-state index is 0.148. The van der Waals surface area contributed by atoms with Crippen LogP contribution in [0.2, 0.25) is 0 Å². The summed E-state index contributed by atoms with van der Waals surface area (Å²) >= 11 is 0. The number of carbonyl (C=O) groups is 2. The van der Waals surface area contributed by atoms with Crippen LogP contribution in [0.15, 0.2) is 0 Å². The molecule has 140 valence electrons. The molecule has 4 rings (SSSR count). The van der Waals surface area contributed by atoms with Gasteiger partial charge in [-0.05, 0) is 67.6 Å². The van der Waals surface area contributed by atoms with Crippen LogP contribution in [0, 0.1) is 40.4 Å². The van der Waals surface area contributed by atoms with Crippen LogP contribution < -0.4 is 0 Å². The fourth-order valence-corrected chi connectivity index (χ4v) is 7.54. The van der Waals surface area contributed by atoms with Crippen molar-refractivity contribution in [1.29, 1.82) is 0 Å². The molecule has 4 heteroatoms. The lowest BCUT2D eigenvalue weighted by Crippen LogP contribution is -2.58. The molecule has 4 saturated carbocycles. The van der Waals surface area contributed by atoms with E-state index in [4.69, 9.17) is 4.74 Å². The van der Waals surface area contributed by atoms with Crippen molar-refractivity contribution in [1.82, 2.24) is 0 Å². The van der Waals surface area contributed by atoms with E-state index in [1.807, 2.05) is 0 Å². The lowest BCUT2D eigenvalue weighted by Gasteiger charge is -2.61. The number of aliphatic hydroxyl groups is 1. The Kier molecular flexibility index (Phi) is 4.06. The van der Waals surface area contributed by atoms with Crippen molar-refractivity contribution in [3.8, 4) is 0 Å². The number of rotatable bonds is 1. The first kappa shape index (κ1) is 17.5. The van der Waals surface area contributed by atoms with E-state index in [9.17, 15) is 14.7 Å². The van der Waals surface area contributed by atoms with Crippen LogP contribution >= 0.6 is 0 Å². The average molecular weight is 348 g/mol. The molecule has 0 heterocycles. The van der Waals surface area contributed by atoms with Crippen LogP contribution in [0.4, 0.5) is 0 Å². The van der Waals surface area contributed by atoms with E-state index in [-0.39, 0.29) is 22.7 Å². The molecular weight excluding hydrogens is 316 g/mol. The molecule has 0 amide bonds. The smallest absolute Gasteiger partial charge is 0.309 e. The number of hydrogen-bond donors (Lipinski definition) is 1. The molecule has 0 spiro atoms. The second-order valence-electron chi connectivity index (χ2n) is 9.67. The molecule has 4 aliphatic carbocycles. The number of ether oxygens (including phenoxy) is 1. The molecule has 0 aromatic rings. The molecule has 0 bridgehead atoms. The van der Waals surface area contributed by atoms with Crippen molar-refractivity contribution >= 4 is 11.8 Å². The molecule has 0 aromatic heterocycles. The van der Waals surface area contributed by atoms with Gasteiger partial charge in [0, 0.05) is 18.3 Å². The number of Topliss-reactive ketones (excluding diaryl/α,β-unsaturated/α-hetero) is 1. The molecule has 0 saturated heterocycles. The minimum atomic E-state index is -0.446. The Hall–Kier alpha value is -0.900. The zero-order valence-corrected chi connectivity index (χ0v) is 15.8. The Morgan fingerprint density at radius 1 is 1.16 bits per heavy atom. The van der Waals surface area contributed by atoms with Gasteiger partial charge in [0.15, 0.2) is 0 Å². The zero-order chi connectivity index (χ0) is 18.0. The van der Waals surface area contributed by atoms with E-state index in [0.717, 1.165) is 44.9 Å². The van der Waals surface area contributed by atoms with Crippen molar-refractivity contribution in [2.75, 3.05) is 7.11 Å². The Morgan fingerprint density at radius 3 is 2.64 bits per heavy atom. The van der Waals surface area contributed by atoms with E-state index in [1.165, 1.54) is 7.11 Å². The van der Waals surface area contributed by atoms with Gasteiger partial charge in [-0.1, -0.05) is 13.8 Å². The van der Waals surface area contributed by atoms with Gasteiger partial charge in [0.1, 0.15) is 5.78 Å². The van der Waals surface area contributed by atoms with Crippen molar-refractivity contribution in [3.05, 3.63) is 0 Å². The van der Waals surface area contributed by atoms with Crippen molar-refractivity contribution in [3.63, 3.8) is 0 Å². The maximum atomic E-state index is 12.3. The Labute approximate surface area is 150 Å². The second kappa shape index (κ2) is 5.80. The van der Waals surface area contributed by atoms with E-state index in [1.54, 1.807) is 0 Å². The number of aliphatic hydroxyl groups excluding tert-OH is 1. The number of carbonyl (C=O) groups excluding carboxylic acids is 2. The average Bonchev–Trinajstić information content (AvgIpc) is 2.95. The first-order valence-electron chi connectivity index (χ1n) is 10.1. The first-order valence-corrected chi connectivity index (χ1v) is 10.1. The third-order valence-corrected chi connectivity index (χ3v) is 9.08. The van der Waals surface area contributed by atoms with Crippen LogP contribution in [0.25, 0.3) is 0 Å². The normalized spacial score (nSPS) is 52.1. The van der Waals surface area contributed by atoms with Gasteiger partial charge < -0.3 is 9.84 Å². The van der Waals surface area contributed by atoms with E-state index in [0.29, 0.717) is 35.9 Å². The first-order chi connectivity index (χ1) is 11.8. The highest BCUT2D eigenvalue weighted by atomic mass is 16.5. The predicted molar refractivity (Wildman–Crippen MR) is 93.6 cm³/mol. The highest BCUT2D eigenvalue weighted by Gasteiger charge is 2.64. The highest BCUT2D eigenvalue weighted by Crippen LogP contribution is 2.67. The van der Waals surface area contributed by atoms with Crippen LogP contribution in [0.5, 0.6) is 0 Å². The third kappa shape index (κ3) is 2.28. The molecular formula is C21H32O4. The van der Waals surface area contributed by atoms with Crippen molar-refractivity contribution in [2.45, 2.75) is 71.3 Å². The molecule has 1 N–H and O–H groups in total. The quantitative estimate of drug-likeness (QED) is 0.738. The van der Waals surface area contributed by atoms with Gasteiger partial charge in [-0.2, -0.15) is 0 Å². The highest BCUT2D eigenvalue weighted by molar-refractivity contribution is 5.79. The standard InChI is InChI=1S/C21H32O4/c1-20-9-8-13(22)10-12(20)4-5-14-15-6-7-16(19(24)25-3)21(15,2)18(23)11-17(14)20/h12,14-18,23H,4-11H2,1-3H3. The SMILES string of the molecule is COC(=O)C1CCC2C3CCC4CC(=O)CCC4(C)C3CC(O)C12C. The maximum absolute atomic E-state index is 12.3. The summed E-state index contributed by atoms with van der Waals surface area (Å²) in [7, 11) is 1.46. The summed E-state index contributed by atoms with van der Waals surface area (Å²) in [4.78, 5) is 24.3. The van der Waals surface area contributed by atoms with Gasteiger partial charge in [-0.25, -0.2) is 0 Å². The topological polar surface area (TPSA) is 63.6 Å². The third-order valence-electron chi connectivity index (χ3n) is 9.08. The number of ketones is 1. The van der Waals surface area contributed by atoms with E-state index in [2.05, 4.69) is 13.8 Å². The fourth-order valence-electron chi connectivity index (χ4n) is 7.54. The maximum Gasteiger partial charge on any atom is 0.309 e. The van der Waals surface area contributed by atoms with Gasteiger partial charge >= 0.3 is 5.97 Å². The number of hydrogen-bond acceptors (Lipinski definition) is 4. The summed E-state index contributed by atoms with van der Waals surface area (Å²) in [5.41, 5.74) is -0.162. The minimum Gasteiger partial charge on any atom is -0.469 e. The Morgan fingerprint density at radius 2 is 1.92 bits per heavy atom. The molecule has 4 fully saturated rings. The van der Waals surface area contributed by atoms with E-state index >= 15 is 0 Å². The predicted octanol–water partition coefficient (Wildman–Crippen LogP) is 3.36. The van der Waals surface area contributed by atoms with Crippen LogP contribution in [-0.4, -0.2) is 30.1 Å². The van der Waals surface area contributed by atoms with Crippen LogP contribution in [0.1, 0.15) is 65.2 Å². The van der Waals surface area contributed by atoms with Gasteiger partial charge in [0.2, 0.25) is 0 Å². The monoisotopic (exact) mass is 348 g/mol. The molecule has 0 aromatic carbocycles. The van der Waals surface area contributed by atoms with Gasteiger partial charge in [-0.3, -0.25) is 9.59 Å².